The number of alkyl halides is 3. The van der Waals surface area contributed by atoms with Crippen molar-refractivity contribution in [3.63, 3.8) is 0 Å². The number of ether oxygens (including phenoxy) is 1. The molecule has 22 heavy (non-hydrogen) atoms. The van der Waals surface area contributed by atoms with E-state index in [-0.39, 0.29) is 18.5 Å². The van der Waals surface area contributed by atoms with E-state index >= 15 is 0 Å². The third kappa shape index (κ3) is 3.22. The van der Waals surface area contributed by atoms with Crippen LogP contribution in [0.5, 0.6) is 0 Å². The summed E-state index contributed by atoms with van der Waals surface area (Å²) in [6.07, 6.45) is -4.91. The Morgan fingerprint density at radius 1 is 1.36 bits per heavy atom. The molecule has 0 bridgehead atoms. The molecule has 0 spiro atoms. The third-order valence-corrected chi connectivity index (χ3v) is 3.58. The van der Waals surface area contributed by atoms with Crippen molar-refractivity contribution in [1.29, 1.82) is 0 Å². The maximum atomic E-state index is 12.7. The van der Waals surface area contributed by atoms with Crippen LogP contribution in [0.1, 0.15) is 22.3 Å². The van der Waals surface area contributed by atoms with Gasteiger partial charge in [0.05, 0.1) is 11.7 Å². The van der Waals surface area contributed by atoms with Crippen LogP contribution in [0.15, 0.2) is 24.3 Å². The molecular weight excluding hydrogens is 303 g/mol. The van der Waals surface area contributed by atoms with Gasteiger partial charge in [0.25, 0.3) is 5.91 Å². The molecular formula is C14H14F3NO4. The highest BCUT2D eigenvalue weighted by Gasteiger charge is 2.40. The molecule has 1 aromatic carbocycles. The van der Waals surface area contributed by atoms with Gasteiger partial charge in [-0.2, -0.15) is 13.2 Å². The number of carbonyl (C=O) groups excluding carboxylic acids is 1. The summed E-state index contributed by atoms with van der Waals surface area (Å²) in [5, 5.41) is 9.15. The second-order valence-electron chi connectivity index (χ2n) is 4.98. The van der Waals surface area contributed by atoms with Crippen molar-refractivity contribution in [2.75, 3.05) is 13.7 Å². The first-order valence-electron chi connectivity index (χ1n) is 6.48. The summed E-state index contributed by atoms with van der Waals surface area (Å²) < 4.78 is 43.1. The Kier molecular flexibility index (Phi) is 4.41. The van der Waals surface area contributed by atoms with E-state index in [9.17, 15) is 22.8 Å². The summed E-state index contributed by atoms with van der Waals surface area (Å²) in [6.45, 7) is 0.0303. The minimum atomic E-state index is -4.57. The molecule has 2 unspecified atom stereocenters. The number of benzene rings is 1. The van der Waals surface area contributed by atoms with E-state index in [1.807, 2.05) is 0 Å². The van der Waals surface area contributed by atoms with Crippen LogP contribution in [0.25, 0.3) is 0 Å². The van der Waals surface area contributed by atoms with Crippen molar-refractivity contribution < 1.29 is 32.6 Å². The van der Waals surface area contributed by atoms with E-state index in [1.54, 1.807) is 0 Å². The van der Waals surface area contributed by atoms with E-state index in [2.05, 4.69) is 0 Å². The summed E-state index contributed by atoms with van der Waals surface area (Å²) in [7, 11) is 1.39. The lowest BCUT2D eigenvalue weighted by molar-refractivity contribution is -0.141. The van der Waals surface area contributed by atoms with Gasteiger partial charge in [-0.15, -0.1) is 0 Å². The van der Waals surface area contributed by atoms with Gasteiger partial charge in [0.2, 0.25) is 0 Å². The average Bonchev–Trinajstić information content (AvgIpc) is 2.90. The third-order valence-electron chi connectivity index (χ3n) is 3.58. The lowest BCUT2D eigenvalue weighted by Crippen LogP contribution is -2.40. The van der Waals surface area contributed by atoms with Gasteiger partial charge in [0, 0.05) is 25.6 Å². The quantitative estimate of drug-likeness (QED) is 0.926. The average molecular weight is 317 g/mol. The van der Waals surface area contributed by atoms with Gasteiger partial charge in [0.15, 0.2) is 0 Å². The molecule has 0 radical (unpaired) electrons. The fourth-order valence-corrected chi connectivity index (χ4v) is 2.42. The van der Waals surface area contributed by atoms with Crippen LogP contribution in [0, 0.1) is 0 Å². The van der Waals surface area contributed by atoms with E-state index in [1.165, 1.54) is 13.2 Å². The lowest BCUT2D eigenvalue weighted by Gasteiger charge is -2.21. The fourth-order valence-electron chi connectivity index (χ4n) is 2.42. The van der Waals surface area contributed by atoms with E-state index in [4.69, 9.17) is 9.84 Å². The molecule has 1 aliphatic heterocycles. The summed E-state index contributed by atoms with van der Waals surface area (Å²) in [4.78, 5) is 24.6. The largest absolute Gasteiger partial charge is 0.480 e. The molecule has 0 aliphatic carbocycles. The van der Waals surface area contributed by atoms with Gasteiger partial charge in [-0.1, -0.05) is 6.07 Å². The Labute approximate surface area is 124 Å². The molecule has 1 fully saturated rings. The van der Waals surface area contributed by atoms with Crippen LogP contribution in [0.4, 0.5) is 13.2 Å². The van der Waals surface area contributed by atoms with Gasteiger partial charge in [0.1, 0.15) is 6.04 Å². The highest BCUT2D eigenvalue weighted by molar-refractivity contribution is 5.97. The number of aliphatic carboxylic acids is 1. The highest BCUT2D eigenvalue weighted by Crippen LogP contribution is 2.30. The molecule has 5 nitrogen and oxygen atoms in total. The van der Waals surface area contributed by atoms with E-state index in [0.717, 1.165) is 23.1 Å². The van der Waals surface area contributed by atoms with Gasteiger partial charge in [-0.25, -0.2) is 4.79 Å². The maximum Gasteiger partial charge on any atom is 0.416 e. The first kappa shape index (κ1) is 16.3. The van der Waals surface area contributed by atoms with E-state index < -0.39 is 35.8 Å². The van der Waals surface area contributed by atoms with Crippen LogP contribution >= 0.6 is 0 Å². The second-order valence-corrected chi connectivity index (χ2v) is 4.98. The predicted molar refractivity (Wildman–Crippen MR) is 69.3 cm³/mol. The molecule has 2 rings (SSSR count). The molecule has 2 atom stereocenters. The Morgan fingerprint density at radius 3 is 2.59 bits per heavy atom. The van der Waals surface area contributed by atoms with Crippen molar-refractivity contribution in [3.8, 4) is 0 Å². The van der Waals surface area contributed by atoms with Gasteiger partial charge in [-0.05, 0) is 18.2 Å². The number of carboxylic acids is 1. The summed E-state index contributed by atoms with van der Waals surface area (Å²) in [6, 6.07) is 2.83. The SMILES string of the molecule is COC1CC(C(=O)O)N(C(=O)c2cccc(C(F)(F)F)c2)C1. The molecule has 0 aromatic heterocycles. The van der Waals surface area contributed by atoms with Gasteiger partial charge < -0.3 is 14.7 Å². The minimum Gasteiger partial charge on any atom is -0.480 e. The topological polar surface area (TPSA) is 66.8 Å². The van der Waals surface area contributed by atoms with Crippen LogP contribution in [-0.4, -0.2) is 47.7 Å². The second kappa shape index (κ2) is 5.96. The number of amides is 1. The Bertz CT molecular complexity index is 588. The summed E-state index contributed by atoms with van der Waals surface area (Å²) in [5.74, 6) is -1.96. The number of rotatable bonds is 3. The number of hydrogen-bond donors (Lipinski definition) is 1. The zero-order chi connectivity index (χ0) is 16.5. The monoisotopic (exact) mass is 317 g/mol. The molecule has 1 N–H and O–H groups in total. The van der Waals surface area contributed by atoms with Crippen molar-refractivity contribution in [2.24, 2.45) is 0 Å². The van der Waals surface area contributed by atoms with Crippen LogP contribution in [-0.2, 0) is 15.7 Å². The summed E-state index contributed by atoms with van der Waals surface area (Å²) >= 11 is 0. The molecule has 1 saturated heterocycles. The first-order valence-corrected chi connectivity index (χ1v) is 6.48. The number of hydrogen-bond acceptors (Lipinski definition) is 3. The predicted octanol–water partition coefficient (Wildman–Crippen LogP) is 2.02. The highest BCUT2D eigenvalue weighted by atomic mass is 19.4. The Hall–Kier alpha value is -2.09. The van der Waals surface area contributed by atoms with Crippen LogP contribution in [0.2, 0.25) is 0 Å². The van der Waals surface area contributed by atoms with Crippen molar-refractivity contribution in [1.82, 2.24) is 4.90 Å². The van der Waals surface area contributed by atoms with Gasteiger partial charge in [-0.3, -0.25) is 4.79 Å². The zero-order valence-electron chi connectivity index (χ0n) is 11.6. The smallest absolute Gasteiger partial charge is 0.416 e. The van der Waals surface area contributed by atoms with Crippen molar-refractivity contribution in [3.05, 3.63) is 35.4 Å². The number of halogens is 3. The maximum absolute atomic E-state index is 12.7. The van der Waals surface area contributed by atoms with Crippen molar-refractivity contribution in [2.45, 2.75) is 24.7 Å². The first-order chi connectivity index (χ1) is 10.2. The Morgan fingerprint density at radius 2 is 2.05 bits per heavy atom. The molecule has 1 heterocycles. The molecule has 8 heteroatoms. The normalized spacial score (nSPS) is 21.9. The molecule has 1 aromatic rings. The fraction of sp³-hybridized carbons (Fsp3) is 0.429. The molecule has 1 aliphatic rings. The zero-order valence-corrected chi connectivity index (χ0v) is 11.6. The molecule has 0 saturated carbocycles. The van der Waals surface area contributed by atoms with Gasteiger partial charge >= 0.3 is 12.1 Å². The lowest BCUT2D eigenvalue weighted by atomic mass is 10.1. The minimum absolute atomic E-state index is 0.0303. The number of likely N-dealkylation sites (tertiary alicyclic amines) is 1. The van der Waals surface area contributed by atoms with Crippen LogP contribution < -0.4 is 0 Å². The van der Waals surface area contributed by atoms with Crippen LogP contribution in [0.3, 0.4) is 0 Å². The number of carboxylic acid groups (broad SMARTS) is 1. The Balaban J connectivity index is 2.29. The summed E-state index contributed by atoms with van der Waals surface area (Å²) in [5.41, 5.74) is -1.15. The standard InChI is InChI=1S/C14H14F3NO4/c1-22-10-6-11(13(20)21)18(7-10)12(19)8-3-2-4-9(5-8)14(15,16)17/h2-5,10-11H,6-7H2,1H3,(H,20,21). The van der Waals surface area contributed by atoms with Crippen molar-refractivity contribution >= 4 is 11.9 Å². The number of methoxy groups -OCH3 is 1. The number of carbonyl (C=O) groups is 2. The molecule has 120 valence electrons. The van der Waals surface area contributed by atoms with E-state index in [0.29, 0.717) is 0 Å². The molecule has 1 amide bonds. The number of nitrogens with zero attached hydrogens (tertiary/aromatic N) is 1.